The Morgan fingerprint density at radius 1 is 0.579 bits per heavy atom. The van der Waals surface area contributed by atoms with Crippen molar-refractivity contribution in [3.05, 3.63) is 120 Å². The number of hydrogen-bond acceptors (Lipinski definition) is 4. The fourth-order valence-corrected chi connectivity index (χ4v) is 4.72. The SMILES string of the molecule is CCc1ccc2c(OC(=O)C(C)c3ccccc3)c3ccccc3c(OC(=O)C(C)c3ccccc3)c2c1. The first kappa shape index (κ1) is 25.2. The lowest BCUT2D eigenvalue weighted by atomic mass is 9.97. The highest BCUT2D eigenvalue weighted by atomic mass is 16.5. The maximum atomic E-state index is 13.4. The van der Waals surface area contributed by atoms with Gasteiger partial charge in [-0.05, 0) is 43.0 Å². The molecule has 0 heterocycles. The van der Waals surface area contributed by atoms with Crippen LogP contribution in [0.2, 0.25) is 0 Å². The Bertz CT molecular complexity index is 1610. The van der Waals surface area contributed by atoms with E-state index in [0.717, 1.165) is 39.3 Å². The first-order chi connectivity index (χ1) is 18.5. The first-order valence-corrected chi connectivity index (χ1v) is 13.0. The van der Waals surface area contributed by atoms with E-state index in [2.05, 4.69) is 6.92 Å². The Labute approximate surface area is 222 Å². The summed E-state index contributed by atoms with van der Waals surface area (Å²) >= 11 is 0. The Balaban J connectivity index is 1.63. The standard InChI is InChI=1S/C34H30O4/c1-4-24-19-20-29-30(21-24)32(38-34(36)23(3)26-15-9-6-10-16-26)28-18-12-11-17-27(28)31(29)37-33(35)22(2)25-13-7-5-8-14-25/h5-23H,4H2,1-3H3. The van der Waals surface area contributed by atoms with Crippen LogP contribution in [0.4, 0.5) is 0 Å². The molecular weight excluding hydrogens is 472 g/mol. The zero-order valence-electron chi connectivity index (χ0n) is 21.8. The van der Waals surface area contributed by atoms with Crippen LogP contribution >= 0.6 is 0 Å². The average molecular weight is 503 g/mol. The number of carbonyl (C=O) groups excluding carboxylic acids is 2. The van der Waals surface area contributed by atoms with Gasteiger partial charge in [0.25, 0.3) is 0 Å². The molecular formula is C34H30O4. The molecule has 0 N–H and O–H groups in total. The van der Waals surface area contributed by atoms with E-state index in [1.54, 1.807) is 0 Å². The molecule has 2 unspecified atom stereocenters. The van der Waals surface area contributed by atoms with Gasteiger partial charge in [-0.3, -0.25) is 9.59 Å². The molecule has 5 rings (SSSR count). The number of benzene rings is 5. The van der Waals surface area contributed by atoms with Crippen molar-refractivity contribution in [3.8, 4) is 11.5 Å². The summed E-state index contributed by atoms with van der Waals surface area (Å²) in [7, 11) is 0. The van der Waals surface area contributed by atoms with Crippen LogP contribution in [0.15, 0.2) is 103 Å². The molecule has 4 heteroatoms. The van der Waals surface area contributed by atoms with Crippen molar-refractivity contribution >= 4 is 33.5 Å². The summed E-state index contributed by atoms with van der Waals surface area (Å²) in [4.78, 5) is 26.7. The third kappa shape index (κ3) is 4.90. The van der Waals surface area contributed by atoms with Gasteiger partial charge < -0.3 is 9.47 Å². The predicted molar refractivity (Wildman–Crippen MR) is 152 cm³/mol. The van der Waals surface area contributed by atoms with E-state index in [1.807, 2.05) is 117 Å². The zero-order chi connectivity index (χ0) is 26.6. The fraction of sp³-hybridized carbons (Fsp3) is 0.176. The van der Waals surface area contributed by atoms with E-state index < -0.39 is 11.8 Å². The van der Waals surface area contributed by atoms with E-state index in [-0.39, 0.29) is 11.9 Å². The van der Waals surface area contributed by atoms with Crippen molar-refractivity contribution in [2.75, 3.05) is 0 Å². The van der Waals surface area contributed by atoms with Gasteiger partial charge in [0, 0.05) is 21.5 Å². The first-order valence-electron chi connectivity index (χ1n) is 13.0. The predicted octanol–water partition coefficient (Wildman–Crippen LogP) is 7.97. The molecule has 0 aromatic heterocycles. The van der Waals surface area contributed by atoms with E-state index in [0.29, 0.717) is 16.9 Å². The number of fused-ring (bicyclic) bond motifs is 2. The monoisotopic (exact) mass is 502 g/mol. The van der Waals surface area contributed by atoms with Crippen molar-refractivity contribution < 1.29 is 19.1 Å². The Kier molecular flexibility index (Phi) is 7.23. The quantitative estimate of drug-likeness (QED) is 0.129. The van der Waals surface area contributed by atoms with E-state index in [4.69, 9.17) is 9.47 Å². The summed E-state index contributed by atoms with van der Waals surface area (Å²) in [6.07, 6.45) is 0.816. The minimum Gasteiger partial charge on any atom is -0.425 e. The number of aryl methyl sites for hydroxylation is 1. The van der Waals surface area contributed by atoms with E-state index in [1.165, 1.54) is 0 Å². The normalized spacial score (nSPS) is 12.7. The van der Waals surface area contributed by atoms with Crippen molar-refractivity contribution in [1.29, 1.82) is 0 Å². The molecule has 0 spiro atoms. The second kappa shape index (κ2) is 10.9. The number of rotatable bonds is 7. The second-order valence-electron chi connectivity index (χ2n) is 9.54. The zero-order valence-corrected chi connectivity index (χ0v) is 21.8. The Hall–Kier alpha value is -4.44. The second-order valence-corrected chi connectivity index (χ2v) is 9.54. The number of carbonyl (C=O) groups is 2. The lowest BCUT2D eigenvalue weighted by Gasteiger charge is -2.19. The molecule has 2 atom stereocenters. The van der Waals surface area contributed by atoms with Crippen LogP contribution in [-0.2, 0) is 16.0 Å². The van der Waals surface area contributed by atoms with Crippen LogP contribution in [0, 0.1) is 0 Å². The molecule has 0 aliphatic rings. The Morgan fingerprint density at radius 2 is 1.00 bits per heavy atom. The highest BCUT2D eigenvalue weighted by molar-refractivity contribution is 6.13. The molecule has 5 aromatic rings. The van der Waals surface area contributed by atoms with Crippen LogP contribution in [-0.4, -0.2) is 11.9 Å². The van der Waals surface area contributed by atoms with Crippen LogP contribution in [0.5, 0.6) is 11.5 Å². The molecule has 0 saturated carbocycles. The minimum atomic E-state index is -0.441. The van der Waals surface area contributed by atoms with Crippen molar-refractivity contribution in [2.24, 2.45) is 0 Å². The molecule has 0 bridgehead atoms. The fourth-order valence-electron chi connectivity index (χ4n) is 4.72. The summed E-state index contributed by atoms with van der Waals surface area (Å²) in [5, 5.41) is 2.90. The van der Waals surface area contributed by atoms with Gasteiger partial charge in [-0.25, -0.2) is 0 Å². The number of esters is 2. The highest BCUT2D eigenvalue weighted by Crippen LogP contribution is 2.44. The maximum Gasteiger partial charge on any atom is 0.318 e. The summed E-state index contributed by atoms with van der Waals surface area (Å²) in [6.45, 7) is 5.77. The number of hydrogen-bond donors (Lipinski definition) is 0. The highest BCUT2D eigenvalue weighted by Gasteiger charge is 2.25. The molecule has 0 saturated heterocycles. The summed E-state index contributed by atoms with van der Waals surface area (Å²) in [5.41, 5.74) is 2.87. The van der Waals surface area contributed by atoms with E-state index in [9.17, 15) is 9.59 Å². The Morgan fingerprint density at radius 3 is 1.47 bits per heavy atom. The lowest BCUT2D eigenvalue weighted by molar-refractivity contribution is -0.136. The van der Waals surface area contributed by atoms with Crippen LogP contribution in [0.25, 0.3) is 21.5 Å². The summed E-state index contributed by atoms with van der Waals surface area (Å²) < 4.78 is 12.3. The van der Waals surface area contributed by atoms with Gasteiger partial charge >= 0.3 is 11.9 Å². The smallest absolute Gasteiger partial charge is 0.318 e. The third-order valence-corrected chi connectivity index (χ3v) is 7.11. The van der Waals surface area contributed by atoms with Crippen molar-refractivity contribution in [3.63, 3.8) is 0 Å². The van der Waals surface area contributed by atoms with Gasteiger partial charge in [0.15, 0.2) is 0 Å². The van der Waals surface area contributed by atoms with Crippen molar-refractivity contribution in [2.45, 2.75) is 39.0 Å². The minimum absolute atomic E-state index is 0.341. The third-order valence-electron chi connectivity index (χ3n) is 7.11. The molecule has 38 heavy (non-hydrogen) atoms. The molecule has 0 fully saturated rings. The molecule has 4 nitrogen and oxygen atoms in total. The van der Waals surface area contributed by atoms with Gasteiger partial charge in [-0.1, -0.05) is 104 Å². The van der Waals surface area contributed by atoms with Crippen LogP contribution < -0.4 is 9.47 Å². The summed E-state index contributed by atoms with van der Waals surface area (Å²) in [6, 6.07) is 32.8. The van der Waals surface area contributed by atoms with Gasteiger partial charge in [0.2, 0.25) is 0 Å². The van der Waals surface area contributed by atoms with Gasteiger partial charge in [0.1, 0.15) is 11.5 Å². The van der Waals surface area contributed by atoms with Crippen LogP contribution in [0.3, 0.4) is 0 Å². The maximum absolute atomic E-state index is 13.4. The van der Waals surface area contributed by atoms with Crippen LogP contribution in [0.1, 0.15) is 49.3 Å². The number of ether oxygens (including phenoxy) is 2. The lowest BCUT2D eigenvalue weighted by Crippen LogP contribution is -2.18. The molecule has 0 aliphatic carbocycles. The van der Waals surface area contributed by atoms with Gasteiger partial charge in [-0.2, -0.15) is 0 Å². The van der Waals surface area contributed by atoms with Gasteiger partial charge in [0.05, 0.1) is 11.8 Å². The van der Waals surface area contributed by atoms with E-state index >= 15 is 0 Å². The summed E-state index contributed by atoms with van der Waals surface area (Å²) in [5.74, 6) is -0.610. The van der Waals surface area contributed by atoms with Crippen molar-refractivity contribution in [1.82, 2.24) is 0 Å². The molecule has 0 radical (unpaired) electrons. The topological polar surface area (TPSA) is 52.6 Å². The molecule has 5 aromatic carbocycles. The largest absolute Gasteiger partial charge is 0.425 e. The average Bonchev–Trinajstić information content (AvgIpc) is 2.98. The molecule has 190 valence electrons. The molecule has 0 aliphatic heterocycles. The van der Waals surface area contributed by atoms with Gasteiger partial charge in [-0.15, -0.1) is 0 Å². The molecule has 0 amide bonds.